The molecule has 1 aliphatic carbocycles. The number of aromatic nitrogens is 4. The van der Waals surface area contributed by atoms with Gasteiger partial charge in [0.15, 0.2) is 5.82 Å². The first-order chi connectivity index (χ1) is 9.92. The van der Waals surface area contributed by atoms with E-state index in [1.807, 2.05) is 18.3 Å². The summed E-state index contributed by atoms with van der Waals surface area (Å²) in [5.41, 5.74) is 0.987. The first-order valence-corrected chi connectivity index (χ1v) is 7.52. The number of nitrogens with zero attached hydrogens (tertiary/aromatic N) is 4. The van der Waals surface area contributed by atoms with Gasteiger partial charge in [-0.1, -0.05) is 12.8 Å². The van der Waals surface area contributed by atoms with Crippen molar-refractivity contribution in [2.24, 2.45) is 5.92 Å². The highest BCUT2D eigenvalue weighted by Gasteiger charge is 2.31. The van der Waals surface area contributed by atoms with E-state index >= 15 is 0 Å². The average molecular weight is 269 g/mol. The molecule has 1 saturated carbocycles. The fraction of sp³-hybridized carbons (Fsp3) is 0.533. The number of pyridine rings is 1. The van der Waals surface area contributed by atoms with Crippen LogP contribution in [0.15, 0.2) is 24.5 Å². The number of hydrogen-bond acceptors (Lipinski definition) is 4. The van der Waals surface area contributed by atoms with E-state index in [0.29, 0.717) is 6.04 Å². The third kappa shape index (κ3) is 1.97. The minimum absolute atomic E-state index is 0.520. The molecule has 3 heterocycles. The standard InChI is InChI=1S/C15H19N5/c1-2-5-11(4-1)13-7-9-17-15-18-14(19-20(13)15)12-6-3-8-16-10-12/h3,6,8,10-11,13H,1-2,4-5,7,9H2,(H,17,18,19). The van der Waals surface area contributed by atoms with Gasteiger partial charge in [0.05, 0.1) is 6.04 Å². The van der Waals surface area contributed by atoms with E-state index in [9.17, 15) is 0 Å². The van der Waals surface area contributed by atoms with Crippen molar-refractivity contribution < 1.29 is 0 Å². The van der Waals surface area contributed by atoms with Crippen LogP contribution in [0.4, 0.5) is 5.95 Å². The van der Waals surface area contributed by atoms with Gasteiger partial charge in [0, 0.05) is 24.5 Å². The van der Waals surface area contributed by atoms with Crippen LogP contribution in [-0.2, 0) is 0 Å². The Balaban J connectivity index is 1.70. The molecule has 5 nitrogen and oxygen atoms in total. The van der Waals surface area contributed by atoms with Crippen molar-refractivity contribution in [3.05, 3.63) is 24.5 Å². The lowest BCUT2D eigenvalue weighted by Gasteiger charge is -2.28. The molecule has 20 heavy (non-hydrogen) atoms. The number of nitrogens with one attached hydrogen (secondary N) is 1. The second-order valence-corrected chi connectivity index (χ2v) is 5.77. The predicted octanol–water partition coefficient (Wildman–Crippen LogP) is 2.89. The summed E-state index contributed by atoms with van der Waals surface area (Å²) in [5, 5.41) is 8.13. The molecule has 1 atom stereocenters. The molecule has 2 aliphatic rings. The molecule has 104 valence electrons. The Labute approximate surface area is 118 Å². The average Bonchev–Trinajstić information content (AvgIpc) is 3.17. The van der Waals surface area contributed by atoms with Crippen LogP contribution in [0.5, 0.6) is 0 Å². The smallest absolute Gasteiger partial charge is 0.221 e. The van der Waals surface area contributed by atoms with Gasteiger partial charge in [-0.25, -0.2) is 4.68 Å². The second kappa shape index (κ2) is 4.89. The third-order valence-electron chi connectivity index (χ3n) is 4.53. The van der Waals surface area contributed by atoms with E-state index in [-0.39, 0.29) is 0 Å². The van der Waals surface area contributed by atoms with Crippen molar-refractivity contribution in [3.63, 3.8) is 0 Å². The zero-order valence-corrected chi connectivity index (χ0v) is 11.5. The Morgan fingerprint density at radius 3 is 2.90 bits per heavy atom. The van der Waals surface area contributed by atoms with Crippen molar-refractivity contribution in [1.82, 2.24) is 19.7 Å². The van der Waals surface area contributed by atoms with E-state index in [1.165, 1.54) is 25.7 Å². The second-order valence-electron chi connectivity index (χ2n) is 5.77. The minimum atomic E-state index is 0.520. The first-order valence-electron chi connectivity index (χ1n) is 7.52. The molecule has 0 aromatic carbocycles. The summed E-state index contributed by atoms with van der Waals surface area (Å²) in [6.45, 7) is 1.01. The largest absolute Gasteiger partial charge is 0.354 e. The lowest BCUT2D eigenvalue weighted by molar-refractivity contribution is 0.290. The summed E-state index contributed by atoms with van der Waals surface area (Å²) in [7, 11) is 0. The molecular weight excluding hydrogens is 250 g/mol. The lowest BCUT2D eigenvalue weighted by Crippen LogP contribution is -2.28. The van der Waals surface area contributed by atoms with Gasteiger partial charge >= 0.3 is 0 Å². The minimum Gasteiger partial charge on any atom is -0.354 e. The number of hydrogen-bond donors (Lipinski definition) is 1. The Kier molecular flexibility index (Phi) is 2.90. The summed E-state index contributed by atoms with van der Waals surface area (Å²) < 4.78 is 2.13. The van der Waals surface area contributed by atoms with Gasteiger partial charge < -0.3 is 5.32 Å². The van der Waals surface area contributed by atoms with Gasteiger partial charge in [-0.05, 0) is 37.3 Å². The fourth-order valence-corrected chi connectivity index (χ4v) is 3.52. The van der Waals surface area contributed by atoms with Crippen molar-refractivity contribution in [3.8, 4) is 11.4 Å². The zero-order valence-electron chi connectivity index (χ0n) is 11.5. The molecule has 2 aromatic heterocycles. The highest BCUT2D eigenvalue weighted by atomic mass is 15.4. The van der Waals surface area contributed by atoms with Crippen molar-refractivity contribution in [1.29, 1.82) is 0 Å². The molecule has 2 aromatic rings. The monoisotopic (exact) mass is 269 g/mol. The molecular formula is C15H19N5. The van der Waals surface area contributed by atoms with Gasteiger partial charge in [-0.3, -0.25) is 4.98 Å². The molecule has 1 aliphatic heterocycles. The van der Waals surface area contributed by atoms with Crippen LogP contribution in [0, 0.1) is 5.92 Å². The predicted molar refractivity (Wildman–Crippen MR) is 77.4 cm³/mol. The van der Waals surface area contributed by atoms with E-state index < -0.39 is 0 Å². The van der Waals surface area contributed by atoms with Crippen LogP contribution >= 0.6 is 0 Å². The first kappa shape index (κ1) is 11.9. The highest BCUT2D eigenvalue weighted by molar-refractivity contribution is 5.55. The Hall–Kier alpha value is -1.91. The number of rotatable bonds is 2. The Morgan fingerprint density at radius 1 is 1.20 bits per heavy atom. The van der Waals surface area contributed by atoms with Crippen LogP contribution in [0.3, 0.4) is 0 Å². The van der Waals surface area contributed by atoms with Crippen molar-refractivity contribution >= 4 is 5.95 Å². The summed E-state index contributed by atoms with van der Waals surface area (Å²) >= 11 is 0. The normalized spacial score (nSPS) is 22.5. The molecule has 0 radical (unpaired) electrons. The maximum absolute atomic E-state index is 4.75. The van der Waals surface area contributed by atoms with Gasteiger partial charge in [-0.2, -0.15) is 4.98 Å². The number of fused-ring (bicyclic) bond motifs is 1. The maximum Gasteiger partial charge on any atom is 0.221 e. The molecule has 1 unspecified atom stereocenters. The topological polar surface area (TPSA) is 55.6 Å². The van der Waals surface area contributed by atoms with E-state index in [2.05, 4.69) is 20.0 Å². The Morgan fingerprint density at radius 2 is 2.10 bits per heavy atom. The molecule has 0 spiro atoms. The van der Waals surface area contributed by atoms with E-state index in [4.69, 9.17) is 5.10 Å². The van der Waals surface area contributed by atoms with Crippen LogP contribution in [-0.4, -0.2) is 26.3 Å². The SMILES string of the molecule is c1cncc(-c2nc3n(n2)C(C2CCCC2)CCN3)c1. The molecule has 4 rings (SSSR count). The van der Waals surface area contributed by atoms with Gasteiger partial charge in [0.25, 0.3) is 0 Å². The van der Waals surface area contributed by atoms with Crippen molar-refractivity contribution in [2.45, 2.75) is 38.1 Å². The Bertz CT molecular complexity index is 586. The summed E-state index contributed by atoms with van der Waals surface area (Å²) in [4.78, 5) is 8.80. The summed E-state index contributed by atoms with van der Waals surface area (Å²) in [6, 6.07) is 4.46. The molecule has 1 N–H and O–H groups in total. The molecule has 0 bridgehead atoms. The van der Waals surface area contributed by atoms with Crippen LogP contribution in [0.25, 0.3) is 11.4 Å². The van der Waals surface area contributed by atoms with E-state index in [1.54, 1.807) is 6.20 Å². The summed E-state index contributed by atoms with van der Waals surface area (Å²) in [5.74, 6) is 2.48. The van der Waals surface area contributed by atoms with Crippen molar-refractivity contribution in [2.75, 3.05) is 11.9 Å². The summed E-state index contributed by atoms with van der Waals surface area (Å²) in [6.07, 6.45) is 10.2. The molecule has 0 amide bonds. The van der Waals surface area contributed by atoms with Gasteiger partial charge in [0.2, 0.25) is 5.95 Å². The number of anilines is 1. The molecule has 5 heteroatoms. The maximum atomic E-state index is 4.75. The molecule has 0 saturated heterocycles. The van der Waals surface area contributed by atoms with E-state index in [0.717, 1.165) is 36.2 Å². The molecule has 1 fully saturated rings. The zero-order chi connectivity index (χ0) is 13.4. The van der Waals surface area contributed by atoms with Gasteiger partial charge in [-0.15, -0.1) is 5.10 Å². The lowest BCUT2D eigenvalue weighted by atomic mass is 9.95. The van der Waals surface area contributed by atoms with Crippen LogP contribution in [0.1, 0.15) is 38.1 Å². The third-order valence-corrected chi connectivity index (χ3v) is 4.53. The van der Waals surface area contributed by atoms with Gasteiger partial charge in [0.1, 0.15) is 0 Å². The van der Waals surface area contributed by atoms with Crippen LogP contribution in [0.2, 0.25) is 0 Å². The van der Waals surface area contributed by atoms with Crippen LogP contribution < -0.4 is 5.32 Å². The fourth-order valence-electron chi connectivity index (χ4n) is 3.52. The quantitative estimate of drug-likeness (QED) is 0.910. The highest BCUT2D eigenvalue weighted by Crippen LogP contribution is 2.39.